The minimum Gasteiger partial charge on any atom is -0.486 e. The lowest BCUT2D eigenvalue weighted by molar-refractivity contribution is -0.117. The van der Waals surface area contributed by atoms with E-state index >= 15 is 0 Å². The number of rotatable bonds is 3. The minimum atomic E-state index is -0.547. The molecule has 0 saturated carbocycles. The Balaban J connectivity index is 2.20. The summed E-state index contributed by atoms with van der Waals surface area (Å²) in [6.07, 6.45) is 0.563. The predicted molar refractivity (Wildman–Crippen MR) is 69.3 cm³/mol. The maximum atomic E-state index is 11.7. The van der Waals surface area contributed by atoms with Crippen LogP contribution in [0.25, 0.3) is 0 Å². The Morgan fingerprint density at radius 3 is 2.67 bits per heavy atom. The number of fused-ring (bicyclic) bond motifs is 1. The standard InChI is InChI=1S/C12H15ClN2O3/c1-2-8(14)12(16)15-9-6-11-10(5-7(9)13)17-3-4-18-11/h5-6,8H,2-4,14H2,1H3,(H,15,16). The van der Waals surface area contributed by atoms with Crippen LogP contribution in [0.3, 0.4) is 0 Å². The van der Waals surface area contributed by atoms with Crippen molar-refractivity contribution >= 4 is 23.2 Å². The van der Waals surface area contributed by atoms with Crippen molar-refractivity contribution in [3.05, 3.63) is 17.2 Å². The smallest absolute Gasteiger partial charge is 0.241 e. The van der Waals surface area contributed by atoms with E-state index in [4.69, 9.17) is 26.8 Å². The zero-order valence-electron chi connectivity index (χ0n) is 10.0. The van der Waals surface area contributed by atoms with Crippen molar-refractivity contribution in [2.24, 2.45) is 5.73 Å². The normalized spacial score (nSPS) is 15.1. The quantitative estimate of drug-likeness (QED) is 0.878. The number of ether oxygens (including phenoxy) is 2. The highest BCUT2D eigenvalue weighted by Gasteiger charge is 2.18. The summed E-state index contributed by atoms with van der Waals surface area (Å²) < 4.78 is 10.8. The molecule has 1 aliphatic rings. The first-order chi connectivity index (χ1) is 8.61. The van der Waals surface area contributed by atoms with Gasteiger partial charge in [0.2, 0.25) is 5.91 Å². The Labute approximate surface area is 110 Å². The first-order valence-corrected chi connectivity index (χ1v) is 6.15. The summed E-state index contributed by atoms with van der Waals surface area (Å²) >= 11 is 6.06. The first-order valence-electron chi connectivity index (χ1n) is 5.77. The van der Waals surface area contributed by atoms with Gasteiger partial charge in [-0.05, 0) is 6.42 Å². The van der Waals surface area contributed by atoms with E-state index < -0.39 is 6.04 Å². The monoisotopic (exact) mass is 270 g/mol. The summed E-state index contributed by atoms with van der Waals surface area (Å²) in [5.74, 6) is 0.895. The molecule has 5 nitrogen and oxygen atoms in total. The number of nitrogens with one attached hydrogen (secondary N) is 1. The molecule has 98 valence electrons. The van der Waals surface area contributed by atoms with Crippen molar-refractivity contribution in [3.63, 3.8) is 0 Å². The molecule has 1 aromatic carbocycles. The molecule has 0 aliphatic carbocycles. The van der Waals surface area contributed by atoms with Crippen molar-refractivity contribution in [2.45, 2.75) is 19.4 Å². The van der Waals surface area contributed by atoms with E-state index in [-0.39, 0.29) is 5.91 Å². The topological polar surface area (TPSA) is 73.6 Å². The highest BCUT2D eigenvalue weighted by atomic mass is 35.5. The average Bonchev–Trinajstić information content (AvgIpc) is 2.38. The minimum absolute atomic E-state index is 0.268. The molecule has 1 heterocycles. The Bertz CT molecular complexity index is 465. The van der Waals surface area contributed by atoms with Gasteiger partial charge in [-0.15, -0.1) is 0 Å². The van der Waals surface area contributed by atoms with Gasteiger partial charge in [-0.25, -0.2) is 0 Å². The molecule has 1 unspecified atom stereocenters. The number of anilines is 1. The molecule has 1 atom stereocenters. The molecule has 2 rings (SSSR count). The van der Waals surface area contributed by atoms with Crippen molar-refractivity contribution < 1.29 is 14.3 Å². The van der Waals surface area contributed by atoms with E-state index in [1.165, 1.54) is 0 Å². The van der Waals surface area contributed by atoms with Crippen LogP contribution in [-0.2, 0) is 4.79 Å². The zero-order valence-corrected chi connectivity index (χ0v) is 10.8. The van der Waals surface area contributed by atoms with Gasteiger partial charge in [-0.3, -0.25) is 4.79 Å². The lowest BCUT2D eigenvalue weighted by Crippen LogP contribution is -2.34. The summed E-state index contributed by atoms with van der Waals surface area (Å²) in [6.45, 7) is 2.82. The summed E-state index contributed by atoms with van der Waals surface area (Å²) in [5, 5.41) is 3.08. The van der Waals surface area contributed by atoms with Crippen molar-refractivity contribution in [1.82, 2.24) is 0 Å². The molecule has 1 aliphatic heterocycles. The summed E-state index contributed by atoms with van der Waals surface area (Å²) in [6, 6.07) is 2.73. The summed E-state index contributed by atoms with van der Waals surface area (Å²) in [4.78, 5) is 11.7. The molecule has 0 saturated heterocycles. The number of nitrogens with two attached hydrogens (primary N) is 1. The van der Waals surface area contributed by atoms with Crippen LogP contribution in [0.15, 0.2) is 12.1 Å². The molecule has 0 radical (unpaired) electrons. The van der Waals surface area contributed by atoms with E-state index in [1.807, 2.05) is 6.92 Å². The SMILES string of the molecule is CCC(N)C(=O)Nc1cc2c(cc1Cl)OCCO2. The molecule has 18 heavy (non-hydrogen) atoms. The number of hydrogen-bond acceptors (Lipinski definition) is 4. The highest BCUT2D eigenvalue weighted by molar-refractivity contribution is 6.34. The Morgan fingerprint density at radius 2 is 2.06 bits per heavy atom. The lowest BCUT2D eigenvalue weighted by Gasteiger charge is -2.20. The van der Waals surface area contributed by atoms with E-state index in [2.05, 4.69) is 5.32 Å². The molecule has 0 spiro atoms. The number of halogens is 1. The van der Waals surface area contributed by atoms with Gasteiger partial charge >= 0.3 is 0 Å². The summed E-state index contributed by atoms with van der Waals surface area (Å²) in [5.41, 5.74) is 6.12. The largest absolute Gasteiger partial charge is 0.486 e. The van der Waals surface area contributed by atoms with Crippen LogP contribution >= 0.6 is 11.6 Å². The van der Waals surface area contributed by atoms with E-state index in [1.54, 1.807) is 12.1 Å². The van der Waals surface area contributed by atoms with Crippen LogP contribution in [0, 0.1) is 0 Å². The van der Waals surface area contributed by atoms with Gasteiger partial charge in [0.15, 0.2) is 11.5 Å². The second kappa shape index (κ2) is 5.46. The fourth-order valence-electron chi connectivity index (χ4n) is 1.57. The predicted octanol–water partition coefficient (Wildman–Crippen LogP) is 1.79. The fraction of sp³-hybridized carbons (Fsp3) is 0.417. The average molecular weight is 271 g/mol. The molecule has 6 heteroatoms. The van der Waals surface area contributed by atoms with Crippen LogP contribution in [0.2, 0.25) is 5.02 Å². The summed E-state index contributed by atoms with van der Waals surface area (Å²) in [7, 11) is 0. The number of hydrogen-bond donors (Lipinski definition) is 2. The molecule has 1 aromatic rings. The molecule has 1 amide bonds. The van der Waals surface area contributed by atoms with Gasteiger partial charge < -0.3 is 20.5 Å². The maximum Gasteiger partial charge on any atom is 0.241 e. The van der Waals surface area contributed by atoms with Gasteiger partial charge in [0.25, 0.3) is 0 Å². The second-order valence-electron chi connectivity index (χ2n) is 3.98. The van der Waals surface area contributed by atoms with E-state index in [9.17, 15) is 4.79 Å². The third kappa shape index (κ3) is 2.68. The van der Waals surface area contributed by atoms with Gasteiger partial charge in [-0.2, -0.15) is 0 Å². The molecule has 0 fully saturated rings. The van der Waals surface area contributed by atoms with Gasteiger partial charge in [0.1, 0.15) is 13.2 Å². The van der Waals surface area contributed by atoms with Crippen molar-refractivity contribution in [1.29, 1.82) is 0 Å². The number of benzene rings is 1. The van der Waals surface area contributed by atoms with Crippen LogP contribution < -0.4 is 20.5 Å². The van der Waals surface area contributed by atoms with Gasteiger partial charge in [0, 0.05) is 12.1 Å². The van der Waals surface area contributed by atoms with Crippen LogP contribution in [0.4, 0.5) is 5.69 Å². The van der Waals surface area contributed by atoms with Crippen LogP contribution in [-0.4, -0.2) is 25.2 Å². The third-order valence-electron chi connectivity index (χ3n) is 2.67. The number of amides is 1. The van der Waals surface area contributed by atoms with Crippen molar-refractivity contribution in [2.75, 3.05) is 18.5 Å². The Morgan fingerprint density at radius 1 is 1.44 bits per heavy atom. The van der Waals surface area contributed by atoms with Crippen molar-refractivity contribution in [3.8, 4) is 11.5 Å². The molecular formula is C12H15ClN2O3. The Hall–Kier alpha value is -1.46. The molecule has 3 N–H and O–H groups in total. The van der Waals surface area contributed by atoms with Gasteiger partial charge in [0.05, 0.1) is 16.8 Å². The maximum absolute atomic E-state index is 11.7. The van der Waals surface area contributed by atoms with E-state index in [0.29, 0.717) is 41.8 Å². The van der Waals surface area contributed by atoms with Crippen LogP contribution in [0.1, 0.15) is 13.3 Å². The fourth-order valence-corrected chi connectivity index (χ4v) is 1.77. The first kappa shape index (κ1) is 13.0. The zero-order chi connectivity index (χ0) is 13.1. The molecule has 0 aromatic heterocycles. The number of carbonyl (C=O) groups excluding carboxylic acids is 1. The molecular weight excluding hydrogens is 256 g/mol. The lowest BCUT2D eigenvalue weighted by atomic mass is 10.2. The van der Waals surface area contributed by atoms with Crippen LogP contribution in [0.5, 0.6) is 11.5 Å². The second-order valence-corrected chi connectivity index (χ2v) is 4.39. The Kier molecular flexibility index (Phi) is 3.93. The third-order valence-corrected chi connectivity index (χ3v) is 2.98. The number of carbonyl (C=O) groups is 1. The van der Waals surface area contributed by atoms with E-state index in [0.717, 1.165) is 0 Å². The highest BCUT2D eigenvalue weighted by Crippen LogP contribution is 2.37. The molecule has 0 bridgehead atoms. The van der Waals surface area contributed by atoms with Gasteiger partial charge in [-0.1, -0.05) is 18.5 Å².